The Hall–Kier alpha value is -1.99. The van der Waals surface area contributed by atoms with Crippen molar-refractivity contribution >= 4 is 20.0 Å². The van der Waals surface area contributed by atoms with Crippen LogP contribution in [0.4, 0.5) is 13.2 Å². The molecule has 0 radical (unpaired) electrons. The molecule has 1 fully saturated rings. The normalized spacial score (nSPS) is 21.2. The number of hydrogen-bond acceptors (Lipinski definition) is 5. The highest BCUT2D eigenvalue weighted by molar-refractivity contribution is 7.90. The van der Waals surface area contributed by atoms with E-state index in [1.165, 1.54) is 12.1 Å². The molecule has 0 heterocycles. The van der Waals surface area contributed by atoms with Crippen LogP contribution in [-0.2, 0) is 44.7 Å². The minimum atomic E-state index is -4.43. The molecule has 0 saturated heterocycles. The van der Waals surface area contributed by atoms with Gasteiger partial charge in [0.25, 0.3) is 0 Å². The number of benzene rings is 2. The molecule has 1 unspecified atom stereocenters. The van der Waals surface area contributed by atoms with E-state index in [0.717, 1.165) is 36.1 Å². The Morgan fingerprint density at radius 1 is 0.878 bits per heavy atom. The average molecular weight is 619 g/mol. The van der Waals surface area contributed by atoms with Crippen molar-refractivity contribution in [2.24, 2.45) is 11.8 Å². The fraction of sp³-hybridized carbons (Fsp3) is 0.586. The van der Waals surface area contributed by atoms with Crippen LogP contribution in [0.5, 0.6) is 0 Å². The molecule has 1 aliphatic rings. The van der Waals surface area contributed by atoms with E-state index in [-0.39, 0.29) is 24.6 Å². The molecule has 0 bridgehead atoms. The van der Waals surface area contributed by atoms with Gasteiger partial charge >= 0.3 is 6.18 Å². The number of rotatable bonds is 13. The van der Waals surface area contributed by atoms with Crippen LogP contribution in [0, 0.1) is 11.8 Å². The molecule has 7 nitrogen and oxygen atoms in total. The number of aliphatic hydroxyl groups is 1. The van der Waals surface area contributed by atoms with E-state index in [2.05, 4.69) is 9.44 Å². The van der Waals surface area contributed by atoms with Crippen LogP contribution in [0.15, 0.2) is 48.5 Å². The number of nitrogens with one attached hydrogen (secondary N) is 2. The molecule has 41 heavy (non-hydrogen) atoms. The number of halogens is 3. The standard InChI is InChI=1S/C29H41F3N2O5S2/c1-21(2)41(38,39)34-20-22(3)25-12-16-28(35,17-13-25)26-8-4-23(5-9-26)14-18-33-40(36,37)19-15-24-6-10-27(11-7-24)29(30,31)32/h4-11,21-22,25,33-35H,12-20H2,1-3H3. The molecule has 2 aromatic rings. The van der Waals surface area contributed by atoms with Gasteiger partial charge in [-0.15, -0.1) is 0 Å². The van der Waals surface area contributed by atoms with E-state index in [1.807, 2.05) is 31.2 Å². The van der Waals surface area contributed by atoms with Crippen molar-refractivity contribution in [1.29, 1.82) is 0 Å². The van der Waals surface area contributed by atoms with E-state index in [1.54, 1.807) is 13.8 Å². The first kappa shape index (κ1) is 33.5. The van der Waals surface area contributed by atoms with Crippen LogP contribution in [0.3, 0.4) is 0 Å². The quantitative estimate of drug-likeness (QED) is 0.300. The molecule has 230 valence electrons. The van der Waals surface area contributed by atoms with Gasteiger partial charge in [-0.1, -0.05) is 43.3 Å². The van der Waals surface area contributed by atoms with Gasteiger partial charge in [0.05, 0.1) is 22.2 Å². The summed E-state index contributed by atoms with van der Waals surface area (Å²) in [6.07, 6.45) is -1.14. The monoisotopic (exact) mass is 618 g/mol. The Kier molecular flexibility index (Phi) is 11.1. The Bertz CT molecular complexity index is 1340. The highest BCUT2D eigenvalue weighted by Gasteiger charge is 2.36. The summed E-state index contributed by atoms with van der Waals surface area (Å²) >= 11 is 0. The molecule has 1 aliphatic carbocycles. The van der Waals surface area contributed by atoms with Crippen molar-refractivity contribution < 1.29 is 35.1 Å². The highest BCUT2D eigenvalue weighted by atomic mass is 32.2. The summed E-state index contributed by atoms with van der Waals surface area (Å²) < 4.78 is 92.1. The lowest BCUT2D eigenvalue weighted by atomic mass is 9.71. The van der Waals surface area contributed by atoms with Gasteiger partial charge in [-0.05, 0) is 93.0 Å². The topological polar surface area (TPSA) is 113 Å². The van der Waals surface area contributed by atoms with Gasteiger partial charge in [0.15, 0.2) is 0 Å². The van der Waals surface area contributed by atoms with Crippen LogP contribution in [0.1, 0.15) is 68.7 Å². The fourth-order valence-electron chi connectivity index (χ4n) is 5.07. The second-order valence-corrected chi connectivity index (χ2v) is 15.6. The first-order valence-electron chi connectivity index (χ1n) is 13.9. The number of hydrogen-bond donors (Lipinski definition) is 3. The summed E-state index contributed by atoms with van der Waals surface area (Å²) in [5.41, 5.74) is 0.502. The minimum absolute atomic E-state index is 0.105. The number of aryl methyl sites for hydroxylation is 1. The lowest BCUT2D eigenvalue weighted by Gasteiger charge is -2.38. The maximum atomic E-state index is 12.7. The van der Waals surface area contributed by atoms with Crippen molar-refractivity contribution in [1.82, 2.24) is 9.44 Å². The molecule has 0 aromatic heterocycles. The zero-order valence-corrected chi connectivity index (χ0v) is 25.4. The van der Waals surface area contributed by atoms with Gasteiger partial charge in [0.2, 0.25) is 20.0 Å². The maximum Gasteiger partial charge on any atom is 0.416 e. The van der Waals surface area contributed by atoms with Crippen LogP contribution in [0.2, 0.25) is 0 Å². The van der Waals surface area contributed by atoms with Crippen molar-refractivity contribution in [3.63, 3.8) is 0 Å². The van der Waals surface area contributed by atoms with Gasteiger partial charge in [-0.3, -0.25) is 0 Å². The third kappa shape index (κ3) is 9.77. The molecule has 3 rings (SSSR count). The summed E-state index contributed by atoms with van der Waals surface area (Å²) in [4.78, 5) is 0. The first-order chi connectivity index (χ1) is 19.0. The van der Waals surface area contributed by atoms with Crippen molar-refractivity contribution in [2.75, 3.05) is 18.8 Å². The molecule has 0 spiro atoms. The Balaban J connectivity index is 1.43. The Morgan fingerprint density at radius 3 is 1.95 bits per heavy atom. The molecule has 0 amide bonds. The maximum absolute atomic E-state index is 12.7. The summed E-state index contributed by atoms with van der Waals surface area (Å²) in [7, 11) is -6.91. The molecule has 2 aromatic carbocycles. The van der Waals surface area contributed by atoms with E-state index >= 15 is 0 Å². The minimum Gasteiger partial charge on any atom is -0.385 e. The Labute approximate surface area is 242 Å². The van der Waals surface area contributed by atoms with Crippen LogP contribution < -0.4 is 9.44 Å². The molecule has 0 aliphatic heterocycles. The Morgan fingerprint density at radius 2 is 1.41 bits per heavy atom. The molecular formula is C29H41F3N2O5S2. The van der Waals surface area contributed by atoms with Crippen LogP contribution in [0.25, 0.3) is 0 Å². The van der Waals surface area contributed by atoms with E-state index < -0.39 is 42.6 Å². The summed E-state index contributed by atoms with van der Waals surface area (Å²) in [5.74, 6) is 0.249. The lowest BCUT2D eigenvalue weighted by molar-refractivity contribution is -0.137. The average Bonchev–Trinajstić information content (AvgIpc) is 2.91. The van der Waals surface area contributed by atoms with Crippen molar-refractivity contribution in [3.8, 4) is 0 Å². The van der Waals surface area contributed by atoms with Gasteiger partial charge < -0.3 is 5.11 Å². The van der Waals surface area contributed by atoms with Crippen molar-refractivity contribution in [2.45, 2.75) is 76.3 Å². The van der Waals surface area contributed by atoms with Gasteiger partial charge in [0, 0.05) is 13.1 Å². The zero-order valence-electron chi connectivity index (χ0n) is 23.7. The fourth-order valence-corrected chi connectivity index (χ4v) is 6.96. The SMILES string of the molecule is CC(CNS(=O)(=O)C(C)C)C1CCC(O)(c2ccc(CCNS(=O)(=O)CCc3ccc(C(F)(F)F)cc3)cc2)CC1. The molecule has 3 N–H and O–H groups in total. The summed E-state index contributed by atoms with van der Waals surface area (Å²) in [6, 6.07) is 12.0. The first-order valence-corrected chi connectivity index (χ1v) is 17.1. The van der Waals surface area contributed by atoms with Crippen LogP contribution >= 0.6 is 0 Å². The molecular weight excluding hydrogens is 577 g/mol. The third-order valence-electron chi connectivity index (χ3n) is 8.06. The van der Waals surface area contributed by atoms with Gasteiger partial charge in [-0.25, -0.2) is 26.3 Å². The smallest absolute Gasteiger partial charge is 0.385 e. The summed E-state index contributed by atoms with van der Waals surface area (Å²) in [6.45, 7) is 5.90. The van der Waals surface area contributed by atoms with Crippen LogP contribution in [-0.4, -0.2) is 46.0 Å². The third-order valence-corrected chi connectivity index (χ3v) is 11.3. The largest absolute Gasteiger partial charge is 0.416 e. The predicted molar refractivity (Wildman–Crippen MR) is 154 cm³/mol. The van der Waals surface area contributed by atoms with Gasteiger partial charge in [-0.2, -0.15) is 13.2 Å². The van der Waals surface area contributed by atoms with E-state index in [9.17, 15) is 35.1 Å². The second kappa shape index (κ2) is 13.5. The van der Waals surface area contributed by atoms with Crippen molar-refractivity contribution in [3.05, 3.63) is 70.8 Å². The van der Waals surface area contributed by atoms with E-state index in [0.29, 0.717) is 37.3 Å². The molecule has 1 atom stereocenters. The second-order valence-electron chi connectivity index (χ2n) is 11.4. The van der Waals surface area contributed by atoms with E-state index in [4.69, 9.17) is 0 Å². The number of alkyl halides is 3. The molecule has 12 heteroatoms. The predicted octanol–water partition coefficient (Wildman–Crippen LogP) is 4.75. The zero-order chi connectivity index (χ0) is 30.5. The molecule has 1 saturated carbocycles. The summed E-state index contributed by atoms with van der Waals surface area (Å²) in [5, 5.41) is 10.8. The highest BCUT2D eigenvalue weighted by Crippen LogP contribution is 2.42. The van der Waals surface area contributed by atoms with Gasteiger partial charge in [0.1, 0.15) is 0 Å². The lowest BCUT2D eigenvalue weighted by Crippen LogP contribution is -2.38. The number of sulfonamides is 2.